The number of furan rings is 1. The summed E-state index contributed by atoms with van der Waals surface area (Å²) in [6, 6.07) is 19.4. The number of sulfone groups is 1. The van der Waals surface area contributed by atoms with Crippen LogP contribution in [0.15, 0.2) is 82.3 Å². The Kier molecular flexibility index (Phi) is 4.86. The zero-order valence-electron chi connectivity index (χ0n) is 14.9. The first-order valence-corrected chi connectivity index (χ1v) is 11.9. The number of rotatable bonds is 6. The van der Waals surface area contributed by atoms with E-state index in [2.05, 4.69) is 0 Å². The van der Waals surface area contributed by atoms with Crippen LogP contribution in [0.1, 0.15) is 5.76 Å². The second kappa shape index (κ2) is 7.20. The minimum Gasteiger partial charge on any atom is -0.468 e. The summed E-state index contributed by atoms with van der Waals surface area (Å²) >= 11 is 0. The van der Waals surface area contributed by atoms with Gasteiger partial charge in [-0.05, 0) is 35.4 Å². The molecule has 1 fully saturated rings. The maximum atomic E-state index is 12.9. The van der Waals surface area contributed by atoms with Gasteiger partial charge in [-0.1, -0.05) is 42.5 Å². The molecule has 2 heterocycles. The molecule has 0 N–H and O–H groups in total. The maximum Gasteiger partial charge on any atom is 0.243 e. The van der Waals surface area contributed by atoms with Gasteiger partial charge in [0.05, 0.1) is 16.4 Å². The number of sulfonamides is 1. The van der Waals surface area contributed by atoms with Crippen LogP contribution in [0.2, 0.25) is 0 Å². The maximum absolute atomic E-state index is 12.9. The lowest BCUT2D eigenvalue weighted by Crippen LogP contribution is -2.56. The summed E-state index contributed by atoms with van der Waals surface area (Å²) < 4.78 is 57.0. The molecule has 0 radical (unpaired) electrons. The lowest BCUT2D eigenvalue weighted by atomic mass is 10.1. The lowest BCUT2D eigenvalue weighted by molar-refractivity contribution is 0.309. The van der Waals surface area contributed by atoms with Gasteiger partial charge in [0.15, 0.2) is 9.84 Å². The van der Waals surface area contributed by atoms with Crippen LogP contribution >= 0.6 is 0 Å². The standard InChI is InChI=1S/C20H19NO5S2/c22-27(23,15-18-9-5-11-26-18)20-13-21(14-20)28(24,25)19-10-4-8-17(12-19)16-6-2-1-3-7-16/h1-12,20H,13-15H2. The van der Waals surface area contributed by atoms with Crippen LogP contribution in [0, 0.1) is 0 Å². The molecule has 3 aromatic rings. The first kappa shape index (κ1) is 18.9. The fourth-order valence-corrected chi connectivity index (χ4v) is 6.53. The fraction of sp³-hybridized carbons (Fsp3) is 0.200. The second-order valence-electron chi connectivity index (χ2n) is 6.72. The van der Waals surface area contributed by atoms with E-state index in [0.717, 1.165) is 11.1 Å². The van der Waals surface area contributed by atoms with E-state index in [9.17, 15) is 16.8 Å². The molecular weight excluding hydrogens is 398 g/mol. The van der Waals surface area contributed by atoms with Crippen molar-refractivity contribution in [3.63, 3.8) is 0 Å². The van der Waals surface area contributed by atoms with Gasteiger partial charge in [-0.3, -0.25) is 0 Å². The monoisotopic (exact) mass is 417 g/mol. The van der Waals surface area contributed by atoms with E-state index >= 15 is 0 Å². The van der Waals surface area contributed by atoms with Crippen molar-refractivity contribution >= 4 is 19.9 Å². The molecule has 1 aliphatic rings. The molecule has 0 unspecified atom stereocenters. The van der Waals surface area contributed by atoms with E-state index < -0.39 is 25.1 Å². The highest BCUT2D eigenvalue weighted by atomic mass is 32.2. The Balaban J connectivity index is 1.50. The van der Waals surface area contributed by atoms with E-state index in [1.165, 1.54) is 16.6 Å². The zero-order valence-corrected chi connectivity index (χ0v) is 16.6. The van der Waals surface area contributed by atoms with Gasteiger partial charge in [0, 0.05) is 13.1 Å². The average Bonchev–Trinajstić information content (AvgIpc) is 3.13. The van der Waals surface area contributed by atoms with Crippen LogP contribution in [0.3, 0.4) is 0 Å². The number of nitrogens with zero attached hydrogens (tertiary/aromatic N) is 1. The van der Waals surface area contributed by atoms with Gasteiger partial charge in [0.2, 0.25) is 10.0 Å². The topological polar surface area (TPSA) is 84.7 Å². The molecule has 146 valence electrons. The summed E-state index contributed by atoms with van der Waals surface area (Å²) in [5.41, 5.74) is 1.71. The Morgan fingerprint density at radius 3 is 2.25 bits per heavy atom. The summed E-state index contributed by atoms with van der Waals surface area (Å²) in [6.45, 7) is -0.0815. The predicted octanol–water partition coefficient (Wildman–Crippen LogP) is 2.93. The molecule has 28 heavy (non-hydrogen) atoms. The largest absolute Gasteiger partial charge is 0.468 e. The molecule has 0 bridgehead atoms. The van der Waals surface area contributed by atoms with Gasteiger partial charge < -0.3 is 4.42 Å². The molecule has 8 heteroatoms. The molecule has 1 saturated heterocycles. The molecule has 1 aromatic heterocycles. The van der Waals surface area contributed by atoms with Crippen molar-refractivity contribution in [3.05, 3.63) is 78.8 Å². The van der Waals surface area contributed by atoms with E-state index in [1.54, 1.807) is 24.3 Å². The van der Waals surface area contributed by atoms with Crippen LogP contribution < -0.4 is 0 Å². The third-order valence-corrected chi connectivity index (χ3v) is 8.65. The van der Waals surface area contributed by atoms with Gasteiger partial charge in [0.1, 0.15) is 11.5 Å². The fourth-order valence-electron chi connectivity index (χ4n) is 3.15. The van der Waals surface area contributed by atoms with Crippen molar-refractivity contribution in [1.29, 1.82) is 0 Å². The van der Waals surface area contributed by atoms with Crippen LogP contribution in [0.5, 0.6) is 0 Å². The highest BCUT2D eigenvalue weighted by Gasteiger charge is 2.43. The number of hydrogen-bond acceptors (Lipinski definition) is 5. The molecule has 0 amide bonds. The van der Waals surface area contributed by atoms with Crippen molar-refractivity contribution in [2.75, 3.05) is 13.1 Å². The second-order valence-corrected chi connectivity index (χ2v) is 10.9. The first-order valence-electron chi connectivity index (χ1n) is 8.76. The van der Waals surface area contributed by atoms with Crippen LogP contribution in [0.4, 0.5) is 0 Å². The van der Waals surface area contributed by atoms with E-state index in [-0.39, 0.29) is 23.7 Å². The quantitative estimate of drug-likeness (QED) is 0.616. The Morgan fingerprint density at radius 2 is 1.57 bits per heavy atom. The SMILES string of the molecule is O=S(=O)(Cc1ccco1)C1CN(S(=O)(=O)c2cccc(-c3ccccc3)c2)C1. The molecular formula is C20H19NO5S2. The van der Waals surface area contributed by atoms with Gasteiger partial charge in [-0.15, -0.1) is 0 Å². The number of benzene rings is 2. The minimum atomic E-state index is -3.74. The van der Waals surface area contributed by atoms with Crippen LogP contribution in [-0.2, 0) is 25.6 Å². The van der Waals surface area contributed by atoms with E-state index in [4.69, 9.17) is 4.42 Å². The molecule has 0 atom stereocenters. The molecule has 1 aliphatic heterocycles. The lowest BCUT2D eigenvalue weighted by Gasteiger charge is -2.37. The van der Waals surface area contributed by atoms with Crippen molar-refractivity contribution in [3.8, 4) is 11.1 Å². The van der Waals surface area contributed by atoms with Crippen molar-refractivity contribution in [1.82, 2.24) is 4.31 Å². The normalized spacial score (nSPS) is 16.0. The van der Waals surface area contributed by atoms with E-state index in [1.807, 2.05) is 36.4 Å². The molecule has 4 rings (SSSR count). The first-order chi connectivity index (χ1) is 13.4. The van der Waals surface area contributed by atoms with Gasteiger partial charge in [-0.25, -0.2) is 16.8 Å². The van der Waals surface area contributed by atoms with Gasteiger partial charge in [-0.2, -0.15) is 4.31 Å². The Morgan fingerprint density at radius 1 is 0.857 bits per heavy atom. The smallest absolute Gasteiger partial charge is 0.243 e. The zero-order chi connectivity index (χ0) is 19.8. The van der Waals surface area contributed by atoms with Crippen LogP contribution in [0.25, 0.3) is 11.1 Å². The molecule has 0 saturated carbocycles. The van der Waals surface area contributed by atoms with Gasteiger partial charge in [0.25, 0.3) is 0 Å². The summed E-state index contributed by atoms with van der Waals surface area (Å²) in [5, 5.41) is -0.718. The molecule has 2 aromatic carbocycles. The highest BCUT2D eigenvalue weighted by molar-refractivity contribution is 7.92. The highest BCUT2D eigenvalue weighted by Crippen LogP contribution is 2.29. The Bertz CT molecular complexity index is 1160. The van der Waals surface area contributed by atoms with Crippen LogP contribution in [-0.4, -0.2) is 39.5 Å². The third-order valence-electron chi connectivity index (χ3n) is 4.82. The summed E-state index contributed by atoms with van der Waals surface area (Å²) in [5.74, 6) is 0.138. The van der Waals surface area contributed by atoms with Gasteiger partial charge >= 0.3 is 0 Å². The summed E-state index contributed by atoms with van der Waals surface area (Å²) in [6.07, 6.45) is 1.42. The van der Waals surface area contributed by atoms with Crippen molar-refractivity contribution < 1.29 is 21.3 Å². The number of hydrogen-bond donors (Lipinski definition) is 0. The molecule has 6 nitrogen and oxygen atoms in total. The average molecular weight is 418 g/mol. The molecule has 0 spiro atoms. The Labute approximate surface area is 164 Å². The third kappa shape index (κ3) is 3.63. The minimum absolute atomic E-state index is 0.0407. The van der Waals surface area contributed by atoms with E-state index in [0.29, 0.717) is 5.76 Å². The molecule has 0 aliphatic carbocycles. The predicted molar refractivity (Wildman–Crippen MR) is 106 cm³/mol. The van der Waals surface area contributed by atoms with Crippen molar-refractivity contribution in [2.45, 2.75) is 15.9 Å². The van der Waals surface area contributed by atoms with Crippen molar-refractivity contribution in [2.24, 2.45) is 0 Å². The Hall–Kier alpha value is -2.42. The summed E-state index contributed by atoms with van der Waals surface area (Å²) in [7, 11) is -7.22. The summed E-state index contributed by atoms with van der Waals surface area (Å²) in [4.78, 5) is 0.163.